The van der Waals surface area contributed by atoms with E-state index in [1.54, 1.807) is 0 Å². The van der Waals surface area contributed by atoms with Crippen molar-refractivity contribution in [3.05, 3.63) is 0 Å². The molecule has 0 aromatic heterocycles. The summed E-state index contributed by atoms with van der Waals surface area (Å²) in [6, 6.07) is 0. The van der Waals surface area contributed by atoms with Gasteiger partial charge in [0.1, 0.15) is 0 Å². The van der Waals surface area contributed by atoms with E-state index in [4.69, 9.17) is 59.7 Å². The Kier molecular flexibility index (Phi) is 9.42. The minimum atomic E-state index is -3.90. The second-order valence-corrected chi connectivity index (χ2v) is 38.0. The van der Waals surface area contributed by atoms with Crippen molar-refractivity contribution in [3.8, 4) is 0 Å². The fourth-order valence-electron chi connectivity index (χ4n) is 0.676. The van der Waals surface area contributed by atoms with Gasteiger partial charge in [-0.1, -0.05) is 0 Å². The average Bonchev–Trinajstić information content (AvgIpc) is 1.78. The van der Waals surface area contributed by atoms with Gasteiger partial charge in [-0.15, -0.1) is 0 Å². The van der Waals surface area contributed by atoms with Crippen LogP contribution in [0.25, 0.3) is 0 Å². The molecule has 0 aliphatic rings. The fourth-order valence-corrected chi connectivity index (χ4v) is 8.11. The van der Waals surface area contributed by atoms with E-state index in [1.165, 1.54) is 0 Å². The van der Waals surface area contributed by atoms with Crippen molar-refractivity contribution < 1.29 is 6.15 Å². The summed E-state index contributed by atoms with van der Waals surface area (Å²) < 4.78 is 10.3. The number of hydrogen-bond acceptors (Lipinski definition) is 2. The Bertz CT molecular complexity index is 152. The summed E-state index contributed by atoms with van der Waals surface area (Å²) in [4.78, 5) is 0. The zero-order valence-corrected chi connectivity index (χ0v) is 17.3. The molecule has 0 heterocycles. The SMILES string of the molecule is CCCC([O][Sn]([Cl])([Cl])[Cl])[O][Sn]([Cl])([Cl])[Cl]. The van der Waals surface area contributed by atoms with Crippen molar-refractivity contribution in [2.45, 2.75) is 26.1 Å². The van der Waals surface area contributed by atoms with Gasteiger partial charge in [-0.25, -0.2) is 0 Å². The molecule has 10 heteroatoms. The van der Waals surface area contributed by atoms with Crippen LogP contribution in [0.4, 0.5) is 0 Å². The molecule has 0 unspecified atom stereocenters. The molecule has 0 aromatic rings. The molecular weight excluding hydrogens is 530 g/mol. The second-order valence-electron chi connectivity index (χ2n) is 2.35. The molecule has 0 N–H and O–H groups in total. The van der Waals surface area contributed by atoms with Gasteiger partial charge in [-0.3, -0.25) is 0 Å². The van der Waals surface area contributed by atoms with E-state index in [1.807, 2.05) is 6.92 Å². The number of rotatable bonds is 6. The van der Waals surface area contributed by atoms with Crippen LogP contribution in [0.3, 0.4) is 0 Å². The molecule has 0 bridgehead atoms. The normalized spacial score (nSPS) is 13.7. The van der Waals surface area contributed by atoms with Gasteiger partial charge in [0.15, 0.2) is 0 Å². The summed E-state index contributed by atoms with van der Waals surface area (Å²) in [5, 5.41) is 0. The summed E-state index contributed by atoms with van der Waals surface area (Å²) in [6.07, 6.45) is 0.658. The molecule has 0 spiro atoms. The first-order chi connectivity index (χ1) is 6.14. The maximum absolute atomic E-state index is 5.63. The topological polar surface area (TPSA) is 18.5 Å². The third kappa shape index (κ3) is 11.7. The third-order valence-corrected chi connectivity index (χ3v) is 7.67. The van der Waals surface area contributed by atoms with E-state index in [-0.39, 0.29) is 0 Å². The fraction of sp³-hybridized carbons (Fsp3) is 1.00. The summed E-state index contributed by atoms with van der Waals surface area (Å²) >= 11 is -7.80. The van der Waals surface area contributed by atoms with Crippen molar-refractivity contribution >= 4 is 84.3 Å². The first-order valence-electron chi connectivity index (χ1n) is 3.63. The van der Waals surface area contributed by atoms with E-state index in [2.05, 4.69) is 0 Å². The molecule has 14 heavy (non-hydrogen) atoms. The molecular formula is C4H8Cl6O2Sn2. The predicted molar refractivity (Wildman–Crippen MR) is 67.5 cm³/mol. The van der Waals surface area contributed by atoms with Crippen molar-refractivity contribution in [2.75, 3.05) is 0 Å². The van der Waals surface area contributed by atoms with E-state index >= 15 is 0 Å². The zero-order valence-electron chi connectivity index (χ0n) is 7.08. The molecule has 2 nitrogen and oxygen atoms in total. The molecule has 0 aromatic carbocycles. The number of halogens is 6. The van der Waals surface area contributed by atoms with E-state index < -0.39 is 37.1 Å². The van der Waals surface area contributed by atoms with Crippen LogP contribution < -0.4 is 0 Å². The molecule has 0 atom stereocenters. The molecule has 0 aliphatic carbocycles. The van der Waals surface area contributed by atoms with Crippen molar-refractivity contribution in [1.29, 1.82) is 0 Å². The Labute approximate surface area is 115 Å². The molecule has 0 fully saturated rings. The van der Waals surface area contributed by atoms with Gasteiger partial charge < -0.3 is 0 Å². The Morgan fingerprint density at radius 2 is 1.29 bits per heavy atom. The van der Waals surface area contributed by atoms with Crippen LogP contribution in [0.2, 0.25) is 0 Å². The Morgan fingerprint density at radius 1 is 0.929 bits per heavy atom. The quantitative estimate of drug-likeness (QED) is 0.368. The van der Waals surface area contributed by atoms with Crippen LogP contribution in [-0.2, 0) is 6.15 Å². The summed E-state index contributed by atoms with van der Waals surface area (Å²) in [5.41, 5.74) is 0. The van der Waals surface area contributed by atoms with Gasteiger partial charge in [0, 0.05) is 0 Å². The number of hydrogen-bond donors (Lipinski definition) is 0. The minimum absolute atomic E-state index is 0.551. The van der Waals surface area contributed by atoms with Gasteiger partial charge >= 0.3 is 117 Å². The van der Waals surface area contributed by atoms with Crippen molar-refractivity contribution in [2.24, 2.45) is 0 Å². The molecule has 0 saturated carbocycles. The molecule has 0 radical (unpaired) electrons. The average molecular weight is 538 g/mol. The van der Waals surface area contributed by atoms with Crippen molar-refractivity contribution in [3.63, 3.8) is 0 Å². The van der Waals surface area contributed by atoms with Gasteiger partial charge in [-0.2, -0.15) is 0 Å². The van der Waals surface area contributed by atoms with E-state index in [0.717, 1.165) is 6.42 Å². The van der Waals surface area contributed by atoms with Crippen LogP contribution in [0.5, 0.6) is 0 Å². The summed E-state index contributed by atoms with van der Waals surface area (Å²) in [7, 11) is 33.8. The third-order valence-electron chi connectivity index (χ3n) is 1.05. The standard InChI is InChI=1S/C4H8O2.6ClH.2Sn/c1-2-3-4(5)6;;;;;;;;/h4H,2-3H2,1H3;6*1H;;/q-2;;;;;;;2*+4/p-6. The van der Waals surface area contributed by atoms with Gasteiger partial charge in [0.25, 0.3) is 0 Å². The Morgan fingerprint density at radius 3 is 1.50 bits per heavy atom. The van der Waals surface area contributed by atoms with Gasteiger partial charge in [-0.05, 0) is 0 Å². The van der Waals surface area contributed by atoms with Crippen LogP contribution in [0, 0.1) is 0 Å². The Hall–Kier alpha value is 3.26. The molecule has 0 aliphatic heterocycles. The van der Waals surface area contributed by atoms with Gasteiger partial charge in [0.2, 0.25) is 0 Å². The molecule has 0 saturated heterocycles. The van der Waals surface area contributed by atoms with Gasteiger partial charge in [0.05, 0.1) is 0 Å². The molecule has 0 amide bonds. The monoisotopic (exact) mass is 538 g/mol. The molecule has 86 valence electrons. The Balaban J connectivity index is 4.16. The first kappa shape index (κ1) is 17.3. The first-order valence-corrected chi connectivity index (χ1v) is 27.6. The van der Waals surface area contributed by atoms with E-state index in [0.29, 0.717) is 6.42 Å². The predicted octanol–water partition coefficient (Wildman–Crippen LogP) is 4.45. The van der Waals surface area contributed by atoms with Crippen LogP contribution in [0.15, 0.2) is 0 Å². The summed E-state index contributed by atoms with van der Waals surface area (Å²) in [6.45, 7) is 1.93. The van der Waals surface area contributed by atoms with E-state index in [9.17, 15) is 0 Å². The maximum atomic E-state index is 5.63. The van der Waals surface area contributed by atoms with Crippen LogP contribution >= 0.6 is 53.5 Å². The van der Waals surface area contributed by atoms with Crippen LogP contribution in [-0.4, -0.2) is 37.1 Å². The van der Waals surface area contributed by atoms with Crippen molar-refractivity contribution in [1.82, 2.24) is 0 Å². The zero-order chi connectivity index (χ0) is 11.4. The molecule has 0 rings (SSSR count). The van der Waals surface area contributed by atoms with Crippen LogP contribution in [0.1, 0.15) is 19.8 Å². The second kappa shape index (κ2) is 7.64. The summed E-state index contributed by atoms with van der Waals surface area (Å²) in [5.74, 6) is 0.